The molecule has 0 aromatic carbocycles. The number of nitrogens with zero attached hydrogens (tertiary/aromatic N) is 3. The Morgan fingerprint density at radius 3 is 3.29 bits per heavy atom. The molecule has 0 aliphatic carbocycles. The maximum Gasteiger partial charge on any atom is 0.137 e. The van der Waals surface area contributed by atoms with Gasteiger partial charge in [-0.15, -0.1) is 10.2 Å². The molecule has 0 radical (unpaired) electrons. The van der Waals surface area contributed by atoms with Gasteiger partial charge in [-0.1, -0.05) is 0 Å². The Morgan fingerprint density at radius 2 is 2.43 bits per heavy atom. The van der Waals surface area contributed by atoms with E-state index in [4.69, 9.17) is 0 Å². The van der Waals surface area contributed by atoms with Gasteiger partial charge in [0.1, 0.15) is 11.6 Å². The van der Waals surface area contributed by atoms with Crippen LogP contribution in [-0.4, -0.2) is 14.8 Å². The van der Waals surface area contributed by atoms with Gasteiger partial charge in [-0.25, -0.2) is 0 Å². The van der Waals surface area contributed by atoms with Crippen molar-refractivity contribution in [2.24, 2.45) is 0 Å². The summed E-state index contributed by atoms with van der Waals surface area (Å²) in [6.07, 6.45) is 3.24. The van der Waals surface area contributed by atoms with Gasteiger partial charge in [0.05, 0.1) is 0 Å². The van der Waals surface area contributed by atoms with Gasteiger partial charge in [0.25, 0.3) is 0 Å². The quantitative estimate of drug-likeness (QED) is 0.749. The molecule has 0 bridgehead atoms. The van der Waals surface area contributed by atoms with Gasteiger partial charge >= 0.3 is 0 Å². The molecule has 3 nitrogen and oxygen atoms in total. The van der Waals surface area contributed by atoms with Crippen molar-refractivity contribution in [1.82, 2.24) is 14.8 Å². The fourth-order valence-corrected chi connectivity index (χ4v) is 2.59. The minimum atomic E-state index is 0.927. The zero-order chi connectivity index (χ0) is 9.38. The van der Waals surface area contributed by atoms with Crippen LogP contribution in [0.25, 0.3) is 0 Å². The molecular weight excluding hydrogens is 194 g/mol. The minimum absolute atomic E-state index is 0.927. The number of aryl methyl sites for hydroxylation is 1. The molecule has 1 aliphatic heterocycles. The predicted octanol–water partition coefficient (Wildman–Crippen LogP) is 1.88. The molecule has 2 aromatic heterocycles. The van der Waals surface area contributed by atoms with E-state index in [1.807, 2.05) is 0 Å². The van der Waals surface area contributed by atoms with Gasteiger partial charge < -0.3 is 4.57 Å². The highest BCUT2D eigenvalue weighted by atomic mass is 32.1. The highest BCUT2D eigenvalue weighted by Crippen LogP contribution is 2.17. The van der Waals surface area contributed by atoms with Crippen LogP contribution in [0.1, 0.15) is 23.6 Å². The van der Waals surface area contributed by atoms with Gasteiger partial charge in [0, 0.05) is 19.4 Å². The van der Waals surface area contributed by atoms with Crippen molar-refractivity contribution in [2.45, 2.75) is 25.8 Å². The number of hydrogen-bond donors (Lipinski definition) is 0. The minimum Gasteiger partial charge on any atom is -0.315 e. The summed E-state index contributed by atoms with van der Waals surface area (Å²) in [6.45, 7) is 1.10. The first-order chi connectivity index (χ1) is 6.93. The molecule has 0 atom stereocenters. The molecule has 0 unspecified atom stereocenters. The van der Waals surface area contributed by atoms with Crippen molar-refractivity contribution in [3.63, 3.8) is 0 Å². The van der Waals surface area contributed by atoms with E-state index in [0.717, 1.165) is 31.0 Å². The van der Waals surface area contributed by atoms with Gasteiger partial charge in [-0.3, -0.25) is 0 Å². The van der Waals surface area contributed by atoms with Crippen LogP contribution in [-0.2, 0) is 19.4 Å². The molecule has 3 heterocycles. The van der Waals surface area contributed by atoms with Crippen LogP contribution >= 0.6 is 11.3 Å². The second kappa shape index (κ2) is 3.20. The van der Waals surface area contributed by atoms with Crippen LogP contribution in [0, 0.1) is 0 Å². The number of thiophene rings is 1. The second-order valence-electron chi connectivity index (χ2n) is 3.60. The van der Waals surface area contributed by atoms with Crippen LogP contribution < -0.4 is 0 Å². The first-order valence-electron chi connectivity index (χ1n) is 4.85. The van der Waals surface area contributed by atoms with Crippen molar-refractivity contribution < 1.29 is 0 Å². The first kappa shape index (κ1) is 8.17. The van der Waals surface area contributed by atoms with E-state index in [9.17, 15) is 0 Å². The van der Waals surface area contributed by atoms with Crippen LogP contribution in [0.4, 0.5) is 0 Å². The van der Waals surface area contributed by atoms with Crippen molar-refractivity contribution in [2.75, 3.05) is 0 Å². The molecule has 0 saturated carbocycles. The lowest BCUT2D eigenvalue weighted by molar-refractivity contribution is 0.700. The van der Waals surface area contributed by atoms with E-state index in [1.54, 1.807) is 11.3 Å². The summed E-state index contributed by atoms with van der Waals surface area (Å²) < 4.78 is 2.26. The van der Waals surface area contributed by atoms with Gasteiger partial charge in [0.15, 0.2) is 0 Å². The van der Waals surface area contributed by atoms with E-state index in [0.29, 0.717) is 0 Å². The SMILES string of the molecule is c1cc(Cc2nnc3n2CCC3)cs1. The third kappa shape index (κ3) is 1.26. The molecule has 4 heteroatoms. The van der Waals surface area contributed by atoms with E-state index in [1.165, 1.54) is 12.0 Å². The smallest absolute Gasteiger partial charge is 0.137 e. The Morgan fingerprint density at radius 1 is 1.43 bits per heavy atom. The Bertz CT molecular complexity index is 430. The third-order valence-corrected chi connectivity index (χ3v) is 3.36. The molecular formula is C10H11N3S. The monoisotopic (exact) mass is 205 g/mol. The van der Waals surface area contributed by atoms with Gasteiger partial charge in [-0.2, -0.15) is 11.3 Å². The Balaban J connectivity index is 1.90. The maximum absolute atomic E-state index is 4.23. The first-order valence-corrected chi connectivity index (χ1v) is 5.80. The average molecular weight is 205 g/mol. The normalized spacial score (nSPS) is 14.6. The molecule has 72 valence electrons. The molecule has 1 aliphatic rings. The van der Waals surface area contributed by atoms with Crippen LogP contribution in [0.5, 0.6) is 0 Å². The lowest BCUT2D eigenvalue weighted by atomic mass is 10.2. The number of aromatic nitrogens is 3. The lowest BCUT2D eigenvalue weighted by Crippen LogP contribution is -2.01. The van der Waals surface area contributed by atoms with E-state index >= 15 is 0 Å². The zero-order valence-corrected chi connectivity index (χ0v) is 8.63. The predicted molar refractivity (Wildman–Crippen MR) is 55.5 cm³/mol. The van der Waals surface area contributed by atoms with E-state index in [2.05, 4.69) is 31.6 Å². The highest BCUT2D eigenvalue weighted by molar-refractivity contribution is 7.07. The summed E-state index contributed by atoms with van der Waals surface area (Å²) in [5, 5.41) is 12.7. The number of rotatable bonds is 2. The highest BCUT2D eigenvalue weighted by Gasteiger charge is 2.16. The number of fused-ring (bicyclic) bond motifs is 1. The molecule has 0 fully saturated rings. The topological polar surface area (TPSA) is 30.7 Å². The molecule has 14 heavy (non-hydrogen) atoms. The third-order valence-electron chi connectivity index (χ3n) is 2.63. The molecule has 2 aromatic rings. The molecule has 0 N–H and O–H groups in total. The maximum atomic E-state index is 4.23. The fourth-order valence-electron chi connectivity index (χ4n) is 1.92. The summed E-state index contributed by atoms with van der Waals surface area (Å²) in [6, 6.07) is 2.15. The van der Waals surface area contributed by atoms with Gasteiger partial charge in [-0.05, 0) is 28.8 Å². The summed E-state index contributed by atoms with van der Waals surface area (Å²) in [7, 11) is 0. The Kier molecular flexibility index (Phi) is 1.87. The largest absolute Gasteiger partial charge is 0.315 e. The van der Waals surface area contributed by atoms with Crippen molar-refractivity contribution in [3.05, 3.63) is 34.0 Å². The fraction of sp³-hybridized carbons (Fsp3) is 0.400. The van der Waals surface area contributed by atoms with Crippen molar-refractivity contribution in [3.8, 4) is 0 Å². The molecule has 3 rings (SSSR count). The van der Waals surface area contributed by atoms with Crippen molar-refractivity contribution in [1.29, 1.82) is 0 Å². The van der Waals surface area contributed by atoms with Gasteiger partial charge in [0.2, 0.25) is 0 Å². The second-order valence-corrected chi connectivity index (χ2v) is 4.38. The summed E-state index contributed by atoms with van der Waals surface area (Å²) >= 11 is 1.74. The molecule has 0 amide bonds. The Hall–Kier alpha value is -1.16. The molecule has 0 spiro atoms. The van der Waals surface area contributed by atoms with E-state index < -0.39 is 0 Å². The number of hydrogen-bond acceptors (Lipinski definition) is 3. The summed E-state index contributed by atoms with van der Waals surface area (Å²) in [5.74, 6) is 2.28. The van der Waals surface area contributed by atoms with E-state index in [-0.39, 0.29) is 0 Å². The lowest BCUT2D eigenvalue weighted by Gasteiger charge is -2.00. The van der Waals surface area contributed by atoms with Crippen LogP contribution in [0.2, 0.25) is 0 Å². The molecule has 0 saturated heterocycles. The zero-order valence-electron chi connectivity index (χ0n) is 7.81. The van der Waals surface area contributed by atoms with Crippen LogP contribution in [0.15, 0.2) is 16.8 Å². The standard InChI is InChI=1S/C10H11N3S/c1-2-9-11-12-10(13(9)4-1)6-8-3-5-14-7-8/h3,5,7H,1-2,4,6H2. The van der Waals surface area contributed by atoms with Crippen LogP contribution in [0.3, 0.4) is 0 Å². The average Bonchev–Trinajstić information content (AvgIpc) is 2.85. The van der Waals surface area contributed by atoms with Crippen molar-refractivity contribution >= 4 is 11.3 Å². The summed E-state index contributed by atoms with van der Waals surface area (Å²) in [5.41, 5.74) is 1.34. The summed E-state index contributed by atoms with van der Waals surface area (Å²) in [4.78, 5) is 0. The Labute approximate surface area is 86.4 Å².